The summed E-state index contributed by atoms with van der Waals surface area (Å²) in [7, 11) is 0. The third-order valence-corrected chi connectivity index (χ3v) is 4.88. The van der Waals surface area contributed by atoms with Crippen molar-refractivity contribution in [3.05, 3.63) is 69.1 Å². The molecule has 7 nitrogen and oxygen atoms in total. The summed E-state index contributed by atoms with van der Waals surface area (Å²) in [5.74, 6) is 0.216. The number of ether oxygens (including phenoxy) is 1. The van der Waals surface area contributed by atoms with Crippen molar-refractivity contribution in [3.8, 4) is 11.8 Å². The maximum atomic E-state index is 12.7. The lowest BCUT2D eigenvalue weighted by Crippen LogP contribution is -2.27. The summed E-state index contributed by atoms with van der Waals surface area (Å²) < 4.78 is 5.49. The first-order chi connectivity index (χ1) is 13.0. The number of non-ortho nitro benzene ring substituents is 1. The lowest BCUT2D eigenvalue weighted by molar-refractivity contribution is -0.384. The molecule has 0 atom stereocenters. The highest BCUT2D eigenvalue weighted by Gasteiger charge is 2.33. The zero-order valence-electron chi connectivity index (χ0n) is 13.7. The van der Waals surface area contributed by atoms with Gasteiger partial charge >= 0.3 is 0 Å². The van der Waals surface area contributed by atoms with Crippen molar-refractivity contribution in [3.63, 3.8) is 0 Å². The number of thiocarbonyl (C=S) groups is 1. The number of anilines is 1. The number of nitriles is 1. The SMILES string of the molecule is N#CCOc1ccc(/C=C2/SC(=S)N(c3cccc([N+](=O)[O-])c3)C2=O)cc1. The molecule has 0 bridgehead atoms. The Morgan fingerprint density at radius 2 is 2.04 bits per heavy atom. The molecule has 0 aromatic heterocycles. The number of nitrogens with zero attached hydrogens (tertiary/aromatic N) is 3. The highest BCUT2D eigenvalue weighted by Crippen LogP contribution is 2.37. The van der Waals surface area contributed by atoms with E-state index in [1.165, 1.54) is 23.1 Å². The maximum Gasteiger partial charge on any atom is 0.271 e. The van der Waals surface area contributed by atoms with Crippen LogP contribution in [-0.2, 0) is 4.79 Å². The van der Waals surface area contributed by atoms with Crippen molar-refractivity contribution in [2.24, 2.45) is 0 Å². The largest absolute Gasteiger partial charge is 0.479 e. The Hall–Kier alpha value is -3.22. The van der Waals surface area contributed by atoms with Crippen LogP contribution in [0.2, 0.25) is 0 Å². The molecule has 27 heavy (non-hydrogen) atoms. The highest BCUT2D eigenvalue weighted by atomic mass is 32.2. The zero-order valence-corrected chi connectivity index (χ0v) is 15.3. The number of rotatable bonds is 5. The molecule has 134 valence electrons. The van der Waals surface area contributed by atoms with Crippen LogP contribution < -0.4 is 9.64 Å². The second kappa shape index (κ2) is 7.99. The van der Waals surface area contributed by atoms with Crippen LogP contribution in [-0.4, -0.2) is 21.8 Å². The Bertz CT molecular complexity index is 996. The Morgan fingerprint density at radius 3 is 2.70 bits per heavy atom. The number of hydrogen-bond donors (Lipinski definition) is 0. The predicted molar refractivity (Wildman–Crippen MR) is 106 cm³/mol. The molecular formula is C18H11N3O4S2. The van der Waals surface area contributed by atoms with Crippen LogP contribution >= 0.6 is 24.0 Å². The van der Waals surface area contributed by atoms with Gasteiger partial charge in [0.25, 0.3) is 11.6 Å². The van der Waals surface area contributed by atoms with Crippen molar-refractivity contribution in [2.75, 3.05) is 11.5 Å². The summed E-state index contributed by atoms with van der Waals surface area (Å²) in [6, 6.07) is 14.6. The molecule has 2 aromatic carbocycles. The van der Waals surface area contributed by atoms with E-state index in [4.69, 9.17) is 22.2 Å². The Morgan fingerprint density at radius 1 is 1.30 bits per heavy atom. The van der Waals surface area contributed by atoms with E-state index >= 15 is 0 Å². The second-order valence-corrected chi connectivity index (χ2v) is 6.99. The monoisotopic (exact) mass is 397 g/mol. The van der Waals surface area contributed by atoms with E-state index < -0.39 is 4.92 Å². The number of hydrogen-bond acceptors (Lipinski definition) is 7. The fourth-order valence-corrected chi connectivity index (χ4v) is 3.66. The molecule has 3 rings (SSSR count). The minimum Gasteiger partial charge on any atom is -0.479 e. The molecule has 2 aromatic rings. The highest BCUT2D eigenvalue weighted by molar-refractivity contribution is 8.27. The van der Waals surface area contributed by atoms with E-state index in [9.17, 15) is 14.9 Å². The van der Waals surface area contributed by atoms with Crippen molar-refractivity contribution >= 4 is 51.7 Å². The van der Waals surface area contributed by atoms with E-state index in [0.29, 0.717) is 20.7 Å². The number of benzene rings is 2. The lowest BCUT2D eigenvalue weighted by atomic mass is 10.2. The molecule has 0 radical (unpaired) electrons. The van der Waals surface area contributed by atoms with Crippen LogP contribution in [0.1, 0.15) is 5.56 Å². The molecule has 0 aliphatic carbocycles. The molecule has 1 aliphatic rings. The molecule has 1 amide bonds. The standard InChI is InChI=1S/C18H11N3O4S2/c19-8-9-25-15-6-4-12(5-7-15)10-16-17(22)20(18(26)27-16)13-2-1-3-14(11-13)21(23)24/h1-7,10-11H,9H2/b16-10+. The minimum absolute atomic E-state index is 0.0405. The average Bonchev–Trinajstić information content (AvgIpc) is 2.94. The van der Waals surface area contributed by atoms with Gasteiger partial charge in [0.2, 0.25) is 0 Å². The molecular weight excluding hydrogens is 386 g/mol. The van der Waals surface area contributed by atoms with E-state index in [1.54, 1.807) is 36.4 Å². The van der Waals surface area contributed by atoms with Gasteiger partial charge in [-0.05, 0) is 29.8 Å². The molecule has 1 fully saturated rings. The minimum atomic E-state index is -0.521. The van der Waals surface area contributed by atoms with Crippen LogP contribution in [0.3, 0.4) is 0 Å². The Kier molecular flexibility index (Phi) is 5.49. The van der Waals surface area contributed by atoms with E-state index in [-0.39, 0.29) is 18.2 Å². The van der Waals surface area contributed by atoms with Crippen molar-refractivity contribution in [1.82, 2.24) is 0 Å². The van der Waals surface area contributed by atoms with Gasteiger partial charge in [0.05, 0.1) is 15.5 Å². The Balaban J connectivity index is 1.83. The van der Waals surface area contributed by atoms with Gasteiger partial charge in [0.1, 0.15) is 11.8 Å². The maximum absolute atomic E-state index is 12.7. The first kappa shape index (κ1) is 18.6. The number of amides is 1. The molecule has 9 heteroatoms. The first-order valence-corrected chi connectivity index (χ1v) is 8.84. The molecule has 0 N–H and O–H groups in total. The van der Waals surface area contributed by atoms with Gasteiger partial charge in [-0.3, -0.25) is 19.8 Å². The van der Waals surface area contributed by atoms with Crippen molar-refractivity contribution < 1.29 is 14.5 Å². The zero-order chi connectivity index (χ0) is 19.4. The third-order valence-electron chi connectivity index (χ3n) is 3.57. The third kappa shape index (κ3) is 4.13. The number of thioether (sulfide) groups is 1. The van der Waals surface area contributed by atoms with Crippen LogP contribution in [0.5, 0.6) is 5.75 Å². The fourth-order valence-electron chi connectivity index (χ4n) is 2.36. The normalized spacial score (nSPS) is 15.1. The summed E-state index contributed by atoms with van der Waals surface area (Å²) in [6.07, 6.45) is 1.69. The molecule has 0 saturated carbocycles. The second-order valence-electron chi connectivity index (χ2n) is 5.31. The molecule has 0 spiro atoms. The summed E-state index contributed by atoms with van der Waals surface area (Å²) in [5, 5.41) is 19.5. The van der Waals surface area contributed by atoms with Gasteiger partial charge in [-0.25, -0.2) is 0 Å². The summed E-state index contributed by atoms with van der Waals surface area (Å²) in [4.78, 5) is 24.9. The van der Waals surface area contributed by atoms with Gasteiger partial charge in [0.15, 0.2) is 10.9 Å². The lowest BCUT2D eigenvalue weighted by Gasteiger charge is -2.13. The van der Waals surface area contributed by atoms with Crippen LogP contribution in [0.25, 0.3) is 6.08 Å². The first-order valence-electron chi connectivity index (χ1n) is 7.62. The van der Waals surface area contributed by atoms with E-state index in [2.05, 4.69) is 0 Å². The summed E-state index contributed by atoms with van der Waals surface area (Å²) in [5.41, 5.74) is 1.01. The van der Waals surface area contributed by atoms with Gasteiger partial charge in [-0.2, -0.15) is 5.26 Å². The number of nitro groups is 1. The quantitative estimate of drug-likeness (QED) is 0.327. The molecule has 1 saturated heterocycles. The Labute approximate surface area is 164 Å². The fraction of sp³-hybridized carbons (Fsp3) is 0.0556. The van der Waals surface area contributed by atoms with Gasteiger partial charge < -0.3 is 4.74 Å². The van der Waals surface area contributed by atoms with Crippen molar-refractivity contribution in [1.29, 1.82) is 5.26 Å². The topological polar surface area (TPSA) is 96.5 Å². The molecule has 1 heterocycles. The number of carbonyl (C=O) groups is 1. The predicted octanol–water partition coefficient (Wildman–Crippen LogP) is 3.90. The van der Waals surface area contributed by atoms with E-state index in [0.717, 1.165) is 17.3 Å². The van der Waals surface area contributed by atoms with Crippen LogP contribution in [0.4, 0.5) is 11.4 Å². The van der Waals surface area contributed by atoms with Gasteiger partial charge in [0, 0.05) is 12.1 Å². The van der Waals surface area contributed by atoms with Crippen molar-refractivity contribution in [2.45, 2.75) is 0 Å². The van der Waals surface area contributed by atoms with Gasteiger partial charge in [-0.15, -0.1) is 0 Å². The number of nitro benzene ring substituents is 1. The smallest absolute Gasteiger partial charge is 0.271 e. The molecule has 1 aliphatic heterocycles. The van der Waals surface area contributed by atoms with Crippen LogP contribution in [0, 0.1) is 21.4 Å². The van der Waals surface area contributed by atoms with Crippen LogP contribution in [0.15, 0.2) is 53.4 Å². The molecule has 0 unspecified atom stereocenters. The van der Waals surface area contributed by atoms with E-state index in [1.807, 2.05) is 6.07 Å². The number of carbonyl (C=O) groups excluding carboxylic acids is 1. The average molecular weight is 397 g/mol. The summed E-state index contributed by atoms with van der Waals surface area (Å²) >= 11 is 6.41. The summed E-state index contributed by atoms with van der Waals surface area (Å²) in [6.45, 7) is -0.0405. The van der Waals surface area contributed by atoms with Gasteiger partial charge in [-0.1, -0.05) is 42.2 Å².